The number of carbonyl (C=O) groups is 1. The molecule has 0 bridgehead atoms. The van der Waals surface area contributed by atoms with Crippen LogP contribution in [0.3, 0.4) is 0 Å². The van der Waals surface area contributed by atoms with Crippen molar-refractivity contribution in [2.45, 2.75) is 19.8 Å². The monoisotopic (exact) mass is 670 g/mol. The molecule has 0 saturated carbocycles. The number of ether oxygens (including phenoxy) is 5. The van der Waals surface area contributed by atoms with E-state index in [2.05, 4.69) is 16.4 Å². The van der Waals surface area contributed by atoms with Gasteiger partial charge in [-0.25, -0.2) is 4.39 Å². The van der Waals surface area contributed by atoms with Crippen molar-refractivity contribution in [1.29, 1.82) is 5.26 Å². The van der Waals surface area contributed by atoms with Gasteiger partial charge in [-0.05, 0) is 61.9 Å². The molecule has 1 aliphatic rings. The molecule has 5 aromatic rings. The van der Waals surface area contributed by atoms with E-state index in [1.54, 1.807) is 37.4 Å². The highest BCUT2D eigenvalue weighted by Gasteiger charge is 2.25. The normalized spacial score (nSPS) is 11.9. The lowest BCUT2D eigenvalue weighted by Crippen LogP contribution is -2.29. The van der Waals surface area contributed by atoms with E-state index >= 15 is 0 Å². The number of hydrogen-bond donors (Lipinski definition) is 1. The number of halogens is 2. The largest absolute Gasteiger partial charge is 0.493 e. The van der Waals surface area contributed by atoms with E-state index in [1.165, 1.54) is 47.2 Å². The minimum absolute atomic E-state index is 0.0873. The average molecular weight is 671 g/mol. The van der Waals surface area contributed by atoms with Gasteiger partial charge in [-0.2, -0.15) is 5.26 Å². The van der Waals surface area contributed by atoms with Gasteiger partial charge in [0.1, 0.15) is 41.8 Å². The second-order valence-electron chi connectivity index (χ2n) is 10.4. The summed E-state index contributed by atoms with van der Waals surface area (Å²) in [7, 11) is 0. The SMILES string of the molecule is CCOc1ccn(-c2ccc(F)cc2)c(=O)c1C(=O)Nc1ccc(Oc2ccnc3cc(OCCCC#N)c4c(c23)OCCO4)cc1Cl. The second-order valence-corrected chi connectivity index (χ2v) is 10.8. The number of nitriles is 1. The van der Waals surface area contributed by atoms with Gasteiger partial charge in [-0.3, -0.25) is 19.1 Å². The molecule has 0 saturated heterocycles. The van der Waals surface area contributed by atoms with Crippen molar-refractivity contribution in [1.82, 2.24) is 9.55 Å². The molecule has 3 aromatic carbocycles. The molecule has 11 nitrogen and oxygen atoms in total. The fourth-order valence-electron chi connectivity index (χ4n) is 5.08. The third-order valence-electron chi connectivity index (χ3n) is 7.24. The average Bonchev–Trinajstić information content (AvgIpc) is 3.08. The van der Waals surface area contributed by atoms with Gasteiger partial charge in [-0.1, -0.05) is 11.6 Å². The maximum atomic E-state index is 13.5. The summed E-state index contributed by atoms with van der Waals surface area (Å²) < 4.78 is 44.3. The summed E-state index contributed by atoms with van der Waals surface area (Å²) in [4.78, 5) is 31.4. The van der Waals surface area contributed by atoms with E-state index in [9.17, 15) is 14.0 Å². The highest BCUT2D eigenvalue weighted by Crippen LogP contribution is 2.48. The summed E-state index contributed by atoms with van der Waals surface area (Å²) in [5, 5.41) is 12.2. The zero-order valence-electron chi connectivity index (χ0n) is 25.6. The highest BCUT2D eigenvalue weighted by atomic mass is 35.5. The Morgan fingerprint density at radius 3 is 2.58 bits per heavy atom. The van der Waals surface area contributed by atoms with Gasteiger partial charge in [-0.15, -0.1) is 0 Å². The molecule has 0 radical (unpaired) electrons. The number of aromatic nitrogens is 2. The first-order valence-electron chi connectivity index (χ1n) is 15.0. The zero-order chi connectivity index (χ0) is 33.6. The Morgan fingerprint density at radius 1 is 1.04 bits per heavy atom. The molecule has 3 heterocycles. The molecule has 0 aliphatic carbocycles. The fourth-order valence-corrected chi connectivity index (χ4v) is 5.30. The Kier molecular flexibility index (Phi) is 9.59. The Hall–Kier alpha value is -5.80. The molecule has 2 aromatic heterocycles. The van der Waals surface area contributed by atoms with Crippen LogP contribution in [0.15, 0.2) is 77.9 Å². The summed E-state index contributed by atoms with van der Waals surface area (Å²) in [5.74, 6) is 0.947. The number of unbranched alkanes of at least 4 members (excludes halogenated alkanes) is 1. The van der Waals surface area contributed by atoms with Crippen LogP contribution in [-0.2, 0) is 0 Å². The van der Waals surface area contributed by atoms with E-state index in [-0.39, 0.29) is 28.6 Å². The maximum absolute atomic E-state index is 13.5. The van der Waals surface area contributed by atoms with Crippen LogP contribution in [0.5, 0.6) is 34.5 Å². The lowest BCUT2D eigenvalue weighted by molar-refractivity contribution is 0.102. The molecule has 48 heavy (non-hydrogen) atoms. The molecule has 6 rings (SSSR count). The van der Waals surface area contributed by atoms with Gasteiger partial charge in [0.2, 0.25) is 5.75 Å². The van der Waals surface area contributed by atoms with Crippen LogP contribution in [-0.4, -0.2) is 41.9 Å². The molecular weight excluding hydrogens is 643 g/mol. The Balaban J connectivity index is 1.27. The minimum Gasteiger partial charge on any atom is -0.493 e. The van der Waals surface area contributed by atoms with E-state index < -0.39 is 17.3 Å². The number of amides is 1. The number of rotatable bonds is 11. The van der Waals surface area contributed by atoms with Crippen molar-refractivity contribution in [2.24, 2.45) is 0 Å². The van der Waals surface area contributed by atoms with E-state index in [4.69, 9.17) is 40.5 Å². The quantitative estimate of drug-likeness (QED) is 0.146. The number of carbonyl (C=O) groups excluding carboxylic acids is 1. The molecule has 1 amide bonds. The van der Waals surface area contributed by atoms with Crippen LogP contribution in [0, 0.1) is 17.1 Å². The van der Waals surface area contributed by atoms with Crippen LogP contribution >= 0.6 is 11.6 Å². The van der Waals surface area contributed by atoms with Crippen molar-refractivity contribution < 1.29 is 32.9 Å². The molecule has 244 valence electrons. The van der Waals surface area contributed by atoms with Gasteiger partial charge >= 0.3 is 0 Å². The molecule has 13 heteroatoms. The fraction of sp³-hybridized carbons (Fsp3) is 0.200. The number of anilines is 1. The number of nitrogens with zero attached hydrogens (tertiary/aromatic N) is 3. The summed E-state index contributed by atoms with van der Waals surface area (Å²) >= 11 is 6.60. The molecular formula is C35H28ClFN4O7. The lowest BCUT2D eigenvalue weighted by Gasteiger charge is -2.23. The van der Waals surface area contributed by atoms with Crippen molar-refractivity contribution >= 4 is 34.1 Å². The lowest BCUT2D eigenvalue weighted by atomic mass is 10.1. The van der Waals surface area contributed by atoms with Gasteiger partial charge in [0, 0.05) is 36.6 Å². The summed E-state index contributed by atoms with van der Waals surface area (Å²) in [5.41, 5.74) is 0.236. The zero-order valence-corrected chi connectivity index (χ0v) is 26.4. The first-order chi connectivity index (χ1) is 23.4. The van der Waals surface area contributed by atoms with Crippen molar-refractivity contribution in [3.63, 3.8) is 0 Å². The molecule has 0 atom stereocenters. The number of hydrogen-bond acceptors (Lipinski definition) is 9. The topological polar surface area (TPSA) is 134 Å². The predicted octanol–water partition coefficient (Wildman–Crippen LogP) is 7.08. The second kappa shape index (κ2) is 14.3. The van der Waals surface area contributed by atoms with Crippen molar-refractivity contribution in [3.05, 3.63) is 99.8 Å². The van der Waals surface area contributed by atoms with Crippen LogP contribution in [0.25, 0.3) is 16.6 Å². The van der Waals surface area contributed by atoms with Crippen molar-refractivity contribution in [2.75, 3.05) is 31.7 Å². The molecule has 0 fully saturated rings. The first-order valence-corrected chi connectivity index (χ1v) is 15.4. The molecule has 0 spiro atoms. The first kappa shape index (κ1) is 32.2. The highest BCUT2D eigenvalue weighted by molar-refractivity contribution is 6.34. The third-order valence-corrected chi connectivity index (χ3v) is 7.55. The number of nitrogens with one attached hydrogen (secondary N) is 1. The van der Waals surface area contributed by atoms with Crippen LogP contribution in [0.1, 0.15) is 30.1 Å². The summed E-state index contributed by atoms with van der Waals surface area (Å²) in [6.07, 6.45) is 3.97. The van der Waals surface area contributed by atoms with Crippen LogP contribution in [0.2, 0.25) is 5.02 Å². The van der Waals surface area contributed by atoms with Gasteiger partial charge in [0.25, 0.3) is 11.5 Å². The van der Waals surface area contributed by atoms with Crippen LogP contribution in [0.4, 0.5) is 10.1 Å². The molecule has 0 unspecified atom stereocenters. The van der Waals surface area contributed by atoms with E-state index in [0.717, 1.165) is 0 Å². The van der Waals surface area contributed by atoms with Crippen molar-refractivity contribution in [3.8, 4) is 46.3 Å². The number of benzene rings is 3. The summed E-state index contributed by atoms with van der Waals surface area (Å²) in [6, 6.07) is 17.0. The smallest absolute Gasteiger partial charge is 0.271 e. The van der Waals surface area contributed by atoms with Gasteiger partial charge in [0.15, 0.2) is 11.5 Å². The number of pyridine rings is 2. The molecule has 1 N–H and O–H groups in total. The Morgan fingerprint density at radius 2 is 1.83 bits per heavy atom. The minimum atomic E-state index is -0.745. The number of fused-ring (bicyclic) bond motifs is 3. The Labute approximate surface area is 279 Å². The standard InChI is InChI=1S/C35H28ClFN4O7/c1-2-44-27-12-15-41(22-7-5-21(37)6-8-22)35(43)31(27)34(42)40-25-10-9-23(19-24(25)36)48-28-11-14-39-26-20-29(45-16-4-3-13-38)32-33(30(26)28)47-18-17-46-32/h5-12,14-15,19-20H,2-4,16-18H2,1H3,(H,40,42). The third kappa shape index (κ3) is 6.67. The maximum Gasteiger partial charge on any atom is 0.271 e. The van der Waals surface area contributed by atoms with E-state index in [0.29, 0.717) is 78.0 Å². The Bertz CT molecular complexity index is 2100. The van der Waals surface area contributed by atoms with E-state index in [1.807, 2.05) is 0 Å². The summed E-state index contributed by atoms with van der Waals surface area (Å²) in [6.45, 7) is 2.93. The van der Waals surface area contributed by atoms with Gasteiger partial charge < -0.3 is 29.0 Å². The van der Waals surface area contributed by atoms with Gasteiger partial charge in [0.05, 0.1) is 40.9 Å². The predicted molar refractivity (Wildman–Crippen MR) is 176 cm³/mol. The van der Waals surface area contributed by atoms with Crippen LogP contribution < -0.4 is 34.6 Å². The molecule has 1 aliphatic heterocycles.